The third kappa shape index (κ3) is 2.94. The maximum Gasteiger partial charge on any atom is 0.275 e. The van der Waals surface area contributed by atoms with Crippen molar-refractivity contribution in [3.05, 3.63) is 41.6 Å². The van der Waals surface area contributed by atoms with E-state index in [1.54, 1.807) is 25.1 Å². The Morgan fingerprint density at radius 1 is 1.29 bits per heavy atom. The normalized spacial score (nSPS) is 20.2. The fraction of sp³-hybridized carbons (Fsp3) is 0.412. The zero-order valence-corrected chi connectivity index (χ0v) is 14.0. The number of aliphatic hydroxyl groups excluding tert-OH is 1. The van der Waals surface area contributed by atoms with Gasteiger partial charge in [0.05, 0.1) is 26.4 Å². The molecule has 0 bridgehead atoms. The largest absolute Gasteiger partial charge is 0.497 e. The van der Waals surface area contributed by atoms with Gasteiger partial charge in [-0.3, -0.25) is 4.79 Å². The predicted octanol–water partition coefficient (Wildman–Crippen LogP) is 1.39. The monoisotopic (exact) mass is 331 g/mol. The Labute approximate surface area is 140 Å². The first kappa shape index (κ1) is 16.3. The number of carbonyl (C=O) groups is 1. The van der Waals surface area contributed by atoms with Crippen LogP contribution in [-0.2, 0) is 7.05 Å². The van der Waals surface area contributed by atoms with E-state index in [2.05, 4.69) is 5.10 Å². The van der Waals surface area contributed by atoms with E-state index in [1.165, 1.54) is 11.8 Å². The summed E-state index contributed by atoms with van der Waals surface area (Å²) in [5.74, 6) is 1.01. The number of hydrogen-bond donors (Lipinski definition) is 1. The molecule has 2 aromatic rings. The highest BCUT2D eigenvalue weighted by Crippen LogP contribution is 2.34. The number of nitrogens with zero attached hydrogens (tertiary/aromatic N) is 3. The molecule has 0 spiro atoms. The molecule has 24 heavy (non-hydrogen) atoms. The lowest BCUT2D eigenvalue weighted by Gasteiger charge is -2.24. The van der Waals surface area contributed by atoms with Crippen LogP contribution in [0.5, 0.6) is 11.6 Å². The summed E-state index contributed by atoms with van der Waals surface area (Å²) in [6, 6.07) is 8.95. The Morgan fingerprint density at radius 3 is 2.75 bits per heavy atom. The van der Waals surface area contributed by atoms with E-state index in [9.17, 15) is 9.90 Å². The minimum Gasteiger partial charge on any atom is -0.497 e. The van der Waals surface area contributed by atoms with Crippen LogP contribution in [0, 0.1) is 0 Å². The summed E-state index contributed by atoms with van der Waals surface area (Å²) in [6.45, 7) is 0.277. The van der Waals surface area contributed by atoms with Gasteiger partial charge in [0.1, 0.15) is 5.75 Å². The third-order valence-electron chi connectivity index (χ3n) is 4.28. The number of aliphatic hydroxyl groups is 1. The standard InChI is InChI=1S/C17H21N3O4/c1-19-16(24-3)9-14(18-19)17(22)20-10-12(21)8-15(20)11-5-4-6-13(7-11)23-2/h4-7,9,12,15,21H,8,10H2,1-3H3. The molecule has 7 nitrogen and oxygen atoms in total. The van der Waals surface area contributed by atoms with Crippen molar-refractivity contribution in [2.24, 2.45) is 7.05 Å². The third-order valence-corrected chi connectivity index (χ3v) is 4.28. The highest BCUT2D eigenvalue weighted by atomic mass is 16.5. The topological polar surface area (TPSA) is 76.8 Å². The van der Waals surface area contributed by atoms with Gasteiger partial charge in [0.25, 0.3) is 5.91 Å². The molecule has 128 valence electrons. The molecule has 0 saturated carbocycles. The van der Waals surface area contributed by atoms with Crippen LogP contribution in [0.3, 0.4) is 0 Å². The SMILES string of the molecule is COc1cccc(C2CC(O)CN2C(=O)c2cc(OC)n(C)n2)c1. The van der Waals surface area contributed by atoms with E-state index in [0.29, 0.717) is 18.0 Å². The number of ether oxygens (including phenoxy) is 2. The average molecular weight is 331 g/mol. The first-order valence-corrected chi connectivity index (χ1v) is 7.74. The van der Waals surface area contributed by atoms with Crippen molar-refractivity contribution in [2.45, 2.75) is 18.6 Å². The number of rotatable bonds is 4. The van der Waals surface area contributed by atoms with Gasteiger partial charge >= 0.3 is 0 Å². The molecule has 7 heteroatoms. The summed E-state index contributed by atoms with van der Waals surface area (Å²) in [6.07, 6.45) is -0.0705. The summed E-state index contributed by atoms with van der Waals surface area (Å²) >= 11 is 0. The Balaban J connectivity index is 1.90. The average Bonchev–Trinajstić information content (AvgIpc) is 3.17. The van der Waals surface area contributed by atoms with E-state index in [1.807, 2.05) is 24.3 Å². The van der Waals surface area contributed by atoms with Crippen molar-refractivity contribution in [3.63, 3.8) is 0 Å². The van der Waals surface area contributed by atoms with Crippen molar-refractivity contribution >= 4 is 5.91 Å². The zero-order valence-electron chi connectivity index (χ0n) is 14.0. The first-order valence-electron chi connectivity index (χ1n) is 7.74. The Bertz CT molecular complexity index is 743. The van der Waals surface area contributed by atoms with Gasteiger partial charge < -0.3 is 19.5 Å². The van der Waals surface area contributed by atoms with Crippen molar-refractivity contribution in [2.75, 3.05) is 20.8 Å². The first-order chi connectivity index (χ1) is 11.5. The van der Waals surface area contributed by atoms with Crippen molar-refractivity contribution in [3.8, 4) is 11.6 Å². The molecular formula is C17H21N3O4. The van der Waals surface area contributed by atoms with Gasteiger partial charge in [0.15, 0.2) is 5.69 Å². The molecule has 1 saturated heterocycles. The lowest BCUT2D eigenvalue weighted by Crippen LogP contribution is -2.32. The molecule has 0 aliphatic carbocycles. The van der Waals surface area contributed by atoms with Crippen LogP contribution in [-0.4, -0.2) is 52.6 Å². The molecule has 1 aromatic carbocycles. The number of amides is 1. The van der Waals surface area contributed by atoms with E-state index >= 15 is 0 Å². The highest BCUT2D eigenvalue weighted by Gasteiger charge is 2.37. The summed E-state index contributed by atoms with van der Waals surface area (Å²) < 4.78 is 11.9. The van der Waals surface area contributed by atoms with Crippen LogP contribution in [0.1, 0.15) is 28.5 Å². The molecule has 3 rings (SSSR count). The van der Waals surface area contributed by atoms with Gasteiger partial charge in [-0.05, 0) is 24.1 Å². The quantitative estimate of drug-likeness (QED) is 0.916. The number of methoxy groups -OCH3 is 2. The minimum absolute atomic E-state index is 0.212. The molecule has 2 atom stereocenters. The number of aryl methyl sites for hydroxylation is 1. The number of carbonyl (C=O) groups excluding carboxylic acids is 1. The summed E-state index contributed by atoms with van der Waals surface area (Å²) in [5.41, 5.74) is 1.23. The molecule has 1 aromatic heterocycles. The van der Waals surface area contributed by atoms with Crippen molar-refractivity contribution < 1.29 is 19.4 Å². The van der Waals surface area contributed by atoms with Crippen LogP contribution in [0.2, 0.25) is 0 Å². The van der Waals surface area contributed by atoms with Crippen LogP contribution in [0.4, 0.5) is 0 Å². The number of benzene rings is 1. The molecule has 1 amide bonds. The minimum atomic E-state index is -0.559. The number of β-amino-alcohol motifs (C(OH)–C–C–N with tert-alkyl or cyclic N) is 1. The van der Waals surface area contributed by atoms with Crippen LogP contribution < -0.4 is 9.47 Å². The van der Waals surface area contributed by atoms with Crippen molar-refractivity contribution in [1.29, 1.82) is 0 Å². The fourth-order valence-corrected chi connectivity index (χ4v) is 3.10. The fourth-order valence-electron chi connectivity index (χ4n) is 3.10. The lowest BCUT2D eigenvalue weighted by molar-refractivity contribution is 0.0709. The number of aromatic nitrogens is 2. The second-order valence-electron chi connectivity index (χ2n) is 5.83. The highest BCUT2D eigenvalue weighted by molar-refractivity contribution is 5.93. The van der Waals surface area contributed by atoms with Crippen LogP contribution in [0.25, 0.3) is 0 Å². The molecule has 1 N–H and O–H groups in total. The van der Waals surface area contributed by atoms with Gasteiger partial charge in [-0.25, -0.2) is 4.68 Å². The van der Waals surface area contributed by atoms with Gasteiger partial charge in [0.2, 0.25) is 5.88 Å². The van der Waals surface area contributed by atoms with Gasteiger partial charge in [0, 0.05) is 19.7 Å². The maximum absolute atomic E-state index is 12.9. The maximum atomic E-state index is 12.9. The van der Waals surface area contributed by atoms with Gasteiger partial charge in [-0.1, -0.05) is 12.1 Å². The van der Waals surface area contributed by atoms with Gasteiger partial charge in [-0.15, -0.1) is 0 Å². The smallest absolute Gasteiger partial charge is 0.275 e. The summed E-state index contributed by atoms with van der Waals surface area (Å²) in [4.78, 5) is 14.5. The molecule has 1 fully saturated rings. The molecule has 2 unspecified atom stereocenters. The molecular weight excluding hydrogens is 310 g/mol. The second kappa shape index (κ2) is 6.52. The van der Waals surface area contributed by atoms with Crippen LogP contribution in [0.15, 0.2) is 30.3 Å². The van der Waals surface area contributed by atoms with Crippen LogP contribution >= 0.6 is 0 Å². The molecule has 0 radical (unpaired) electrons. The second-order valence-corrected chi connectivity index (χ2v) is 5.83. The lowest BCUT2D eigenvalue weighted by atomic mass is 10.0. The Morgan fingerprint density at radius 2 is 2.08 bits per heavy atom. The predicted molar refractivity (Wildman–Crippen MR) is 87.2 cm³/mol. The molecule has 2 heterocycles. The Kier molecular flexibility index (Phi) is 4.44. The van der Waals surface area contributed by atoms with Crippen molar-refractivity contribution in [1.82, 2.24) is 14.7 Å². The van der Waals surface area contributed by atoms with E-state index in [0.717, 1.165) is 11.3 Å². The zero-order chi connectivity index (χ0) is 17.3. The van der Waals surface area contributed by atoms with E-state index < -0.39 is 6.10 Å². The summed E-state index contributed by atoms with van der Waals surface area (Å²) in [7, 11) is 4.85. The molecule has 1 aliphatic heterocycles. The van der Waals surface area contributed by atoms with Gasteiger partial charge in [-0.2, -0.15) is 5.10 Å². The molecule has 1 aliphatic rings. The van der Waals surface area contributed by atoms with E-state index in [4.69, 9.17) is 9.47 Å². The van der Waals surface area contributed by atoms with E-state index in [-0.39, 0.29) is 18.5 Å². The summed E-state index contributed by atoms with van der Waals surface area (Å²) in [5, 5.41) is 14.3. The Hall–Kier alpha value is -2.54. The number of hydrogen-bond acceptors (Lipinski definition) is 5. The number of likely N-dealkylation sites (tertiary alicyclic amines) is 1.